The van der Waals surface area contributed by atoms with Gasteiger partial charge in [-0.1, -0.05) is 36.4 Å². The normalized spacial score (nSPS) is 16.4. The molecule has 1 aliphatic heterocycles. The van der Waals surface area contributed by atoms with Crippen LogP contribution in [0.5, 0.6) is 0 Å². The van der Waals surface area contributed by atoms with E-state index in [4.69, 9.17) is 0 Å². The van der Waals surface area contributed by atoms with E-state index in [1.54, 1.807) is 4.90 Å². The lowest BCUT2D eigenvalue weighted by Gasteiger charge is -2.25. The maximum absolute atomic E-state index is 12.8. The highest BCUT2D eigenvalue weighted by atomic mass is 16.2. The zero-order chi connectivity index (χ0) is 18.7. The van der Waals surface area contributed by atoms with Gasteiger partial charge < -0.3 is 15.5 Å². The minimum Gasteiger partial charge on any atom is -0.324 e. The van der Waals surface area contributed by atoms with E-state index in [-0.39, 0.29) is 11.9 Å². The molecular formula is C21H25N3O2. The number of hydrogen-bond donors (Lipinski definition) is 2. The number of urea groups is 1. The highest BCUT2D eigenvalue weighted by Crippen LogP contribution is 2.24. The highest BCUT2D eigenvalue weighted by Gasteiger charge is 2.34. The van der Waals surface area contributed by atoms with Gasteiger partial charge in [0.1, 0.15) is 6.04 Å². The Morgan fingerprint density at radius 1 is 0.923 bits per heavy atom. The van der Waals surface area contributed by atoms with Crippen LogP contribution < -0.4 is 10.6 Å². The standard InChI is InChI=1S/C21H25N3O2/c1-14-8-4-5-11-17(14)22-21(26)24-13-7-12-18(24)20(25)23-19-15(2)9-6-10-16(19)3/h4-6,8-11,18H,7,12-13H2,1-3H3,(H,22,26)(H,23,25)/t18-/m1/s1. The Morgan fingerprint density at radius 3 is 2.27 bits per heavy atom. The molecule has 2 N–H and O–H groups in total. The fraction of sp³-hybridized carbons (Fsp3) is 0.333. The summed E-state index contributed by atoms with van der Waals surface area (Å²) in [6.45, 7) is 6.48. The predicted molar refractivity (Wildman–Crippen MR) is 104 cm³/mol. The first-order valence-corrected chi connectivity index (χ1v) is 8.97. The molecular weight excluding hydrogens is 326 g/mol. The zero-order valence-electron chi connectivity index (χ0n) is 15.5. The number of aryl methyl sites for hydroxylation is 3. The van der Waals surface area contributed by atoms with Gasteiger partial charge in [-0.25, -0.2) is 4.79 Å². The highest BCUT2D eigenvalue weighted by molar-refractivity contribution is 6.00. The molecule has 3 rings (SSSR count). The average molecular weight is 351 g/mol. The minimum absolute atomic E-state index is 0.125. The molecule has 0 bridgehead atoms. The molecule has 26 heavy (non-hydrogen) atoms. The van der Waals surface area contributed by atoms with Gasteiger partial charge in [-0.3, -0.25) is 4.79 Å². The third-order valence-electron chi connectivity index (χ3n) is 4.93. The molecule has 1 fully saturated rings. The number of amides is 3. The number of nitrogens with one attached hydrogen (secondary N) is 2. The molecule has 1 atom stereocenters. The molecule has 0 spiro atoms. The molecule has 0 saturated carbocycles. The maximum atomic E-state index is 12.8. The van der Waals surface area contributed by atoms with E-state index in [0.29, 0.717) is 13.0 Å². The molecule has 0 aliphatic carbocycles. The van der Waals surface area contributed by atoms with Crippen LogP contribution in [0.4, 0.5) is 16.2 Å². The fourth-order valence-electron chi connectivity index (χ4n) is 3.40. The number of nitrogens with zero attached hydrogens (tertiary/aromatic N) is 1. The van der Waals surface area contributed by atoms with Gasteiger partial charge in [-0.2, -0.15) is 0 Å². The molecule has 136 valence electrons. The molecule has 1 saturated heterocycles. The molecule has 0 unspecified atom stereocenters. The molecule has 2 aromatic rings. The largest absolute Gasteiger partial charge is 0.324 e. The van der Waals surface area contributed by atoms with Crippen molar-refractivity contribution in [2.24, 2.45) is 0 Å². The Bertz CT molecular complexity index is 812. The van der Waals surface area contributed by atoms with Gasteiger partial charge in [0.2, 0.25) is 5.91 Å². The Labute approximate surface area is 154 Å². The van der Waals surface area contributed by atoms with Crippen molar-refractivity contribution in [1.29, 1.82) is 0 Å². The number of para-hydroxylation sites is 2. The first-order chi connectivity index (χ1) is 12.5. The monoisotopic (exact) mass is 351 g/mol. The van der Waals surface area contributed by atoms with Crippen LogP contribution in [0.1, 0.15) is 29.5 Å². The number of likely N-dealkylation sites (tertiary alicyclic amines) is 1. The lowest BCUT2D eigenvalue weighted by atomic mass is 10.1. The zero-order valence-corrected chi connectivity index (χ0v) is 15.5. The van der Waals surface area contributed by atoms with Crippen molar-refractivity contribution in [3.63, 3.8) is 0 Å². The summed E-state index contributed by atoms with van der Waals surface area (Å²) in [6, 6.07) is 12.9. The van der Waals surface area contributed by atoms with E-state index in [9.17, 15) is 9.59 Å². The van der Waals surface area contributed by atoms with Crippen molar-refractivity contribution in [2.75, 3.05) is 17.2 Å². The van der Waals surface area contributed by atoms with Gasteiger partial charge in [-0.15, -0.1) is 0 Å². The first-order valence-electron chi connectivity index (χ1n) is 8.97. The van der Waals surface area contributed by atoms with Crippen LogP contribution in [0.25, 0.3) is 0 Å². The predicted octanol–water partition coefficient (Wildman–Crippen LogP) is 4.25. The second-order valence-electron chi connectivity index (χ2n) is 6.85. The van der Waals surface area contributed by atoms with E-state index in [0.717, 1.165) is 34.5 Å². The molecule has 5 heteroatoms. The summed E-state index contributed by atoms with van der Waals surface area (Å²) in [7, 11) is 0. The third-order valence-corrected chi connectivity index (χ3v) is 4.93. The SMILES string of the molecule is Cc1ccccc1NC(=O)N1CCC[C@@H]1C(=O)Nc1c(C)cccc1C. The van der Waals surface area contributed by atoms with Crippen molar-refractivity contribution in [1.82, 2.24) is 4.90 Å². The number of carbonyl (C=O) groups is 2. The van der Waals surface area contributed by atoms with Crippen LogP contribution in [0.15, 0.2) is 42.5 Å². The Kier molecular flexibility index (Phi) is 5.26. The summed E-state index contributed by atoms with van der Waals surface area (Å²) in [5.74, 6) is -0.125. The Balaban J connectivity index is 1.72. The molecule has 0 aromatic heterocycles. The van der Waals surface area contributed by atoms with E-state index < -0.39 is 6.04 Å². The van der Waals surface area contributed by atoms with Gasteiger partial charge >= 0.3 is 6.03 Å². The molecule has 1 heterocycles. The van der Waals surface area contributed by atoms with Gasteiger partial charge in [-0.05, 0) is 56.4 Å². The van der Waals surface area contributed by atoms with E-state index in [1.165, 1.54) is 0 Å². The summed E-state index contributed by atoms with van der Waals surface area (Å²) >= 11 is 0. The maximum Gasteiger partial charge on any atom is 0.322 e. The average Bonchev–Trinajstić information content (AvgIpc) is 3.10. The summed E-state index contributed by atoms with van der Waals surface area (Å²) in [6.07, 6.45) is 1.50. The Morgan fingerprint density at radius 2 is 1.58 bits per heavy atom. The van der Waals surface area contributed by atoms with Gasteiger partial charge in [0.25, 0.3) is 0 Å². The van der Waals surface area contributed by atoms with Crippen molar-refractivity contribution in [3.05, 3.63) is 59.2 Å². The molecule has 3 amide bonds. The first kappa shape index (κ1) is 18.0. The fourth-order valence-corrected chi connectivity index (χ4v) is 3.40. The number of carbonyl (C=O) groups excluding carboxylic acids is 2. The summed E-state index contributed by atoms with van der Waals surface area (Å²) in [5.41, 5.74) is 4.65. The van der Waals surface area contributed by atoms with E-state index in [1.807, 2.05) is 63.2 Å². The van der Waals surface area contributed by atoms with Gasteiger partial charge in [0.15, 0.2) is 0 Å². The minimum atomic E-state index is -0.446. The smallest absolute Gasteiger partial charge is 0.322 e. The topological polar surface area (TPSA) is 61.4 Å². The van der Waals surface area contributed by atoms with Crippen molar-refractivity contribution >= 4 is 23.3 Å². The van der Waals surface area contributed by atoms with Crippen LogP contribution in [-0.2, 0) is 4.79 Å². The van der Waals surface area contributed by atoms with Crippen molar-refractivity contribution in [2.45, 2.75) is 39.7 Å². The quantitative estimate of drug-likeness (QED) is 0.868. The van der Waals surface area contributed by atoms with Crippen molar-refractivity contribution < 1.29 is 9.59 Å². The number of hydrogen-bond acceptors (Lipinski definition) is 2. The third kappa shape index (κ3) is 3.72. The summed E-state index contributed by atoms with van der Waals surface area (Å²) in [4.78, 5) is 27.2. The molecule has 2 aromatic carbocycles. The lowest BCUT2D eigenvalue weighted by Crippen LogP contribution is -2.45. The lowest BCUT2D eigenvalue weighted by molar-refractivity contribution is -0.119. The van der Waals surface area contributed by atoms with Gasteiger partial charge in [0.05, 0.1) is 0 Å². The molecule has 1 aliphatic rings. The molecule has 0 radical (unpaired) electrons. The Hall–Kier alpha value is -2.82. The van der Waals surface area contributed by atoms with Gasteiger partial charge in [0, 0.05) is 17.9 Å². The number of benzene rings is 2. The van der Waals surface area contributed by atoms with Crippen LogP contribution >= 0.6 is 0 Å². The number of rotatable bonds is 3. The summed E-state index contributed by atoms with van der Waals surface area (Å²) in [5, 5.41) is 5.95. The van der Waals surface area contributed by atoms with E-state index >= 15 is 0 Å². The second kappa shape index (κ2) is 7.60. The second-order valence-corrected chi connectivity index (χ2v) is 6.85. The molecule has 5 nitrogen and oxygen atoms in total. The number of anilines is 2. The van der Waals surface area contributed by atoms with E-state index in [2.05, 4.69) is 10.6 Å². The van der Waals surface area contributed by atoms with Crippen LogP contribution in [0.3, 0.4) is 0 Å². The van der Waals surface area contributed by atoms with Crippen LogP contribution in [0, 0.1) is 20.8 Å². The van der Waals surface area contributed by atoms with Crippen LogP contribution in [-0.4, -0.2) is 29.4 Å². The van der Waals surface area contributed by atoms with Crippen molar-refractivity contribution in [3.8, 4) is 0 Å². The summed E-state index contributed by atoms with van der Waals surface area (Å²) < 4.78 is 0. The van der Waals surface area contributed by atoms with Crippen LogP contribution in [0.2, 0.25) is 0 Å².